The summed E-state index contributed by atoms with van der Waals surface area (Å²) in [6, 6.07) is 1.66. The molecule has 0 spiro atoms. The predicted molar refractivity (Wildman–Crippen MR) is 43.6 cm³/mol. The van der Waals surface area contributed by atoms with Gasteiger partial charge in [-0.2, -0.15) is 5.10 Å². The number of nitrogens with one attached hydrogen (secondary N) is 1. The second-order valence-electron chi connectivity index (χ2n) is 3.59. The van der Waals surface area contributed by atoms with E-state index in [0.29, 0.717) is 6.42 Å². The van der Waals surface area contributed by atoms with Gasteiger partial charge in [-0.1, -0.05) is 0 Å². The fourth-order valence-corrected chi connectivity index (χ4v) is 1.87. The van der Waals surface area contributed by atoms with Crippen molar-refractivity contribution in [3.05, 3.63) is 18.0 Å². The summed E-state index contributed by atoms with van der Waals surface area (Å²) in [4.78, 5) is 0. The molecular formula is C9H11F2N2. The molecule has 13 heavy (non-hydrogen) atoms. The number of nitrogens with zero attached hydrogens (tertiary/aromatic N) is 1. The van der Waals surface area contributed by atoms with Crippen LogP contribution >= 0.6 is 0 Å². The number of hydrogen-bond donors (Lipinski definition) is 1. The van der Waals surface area contributed by atoms with Crippen LogP contribution in [0.5, 0.6) is 0 Å². The third-order valence-corrected chi connectivity index (χ3v) is 2.53. The van der Waals surface area contributed by atoms with Crippen LogP contribution < -0.4 is 0 Å². The lowest BCUT2D eigenvalue weighted by molar-refractivity contribution is -0.0412. The number of rotatable bonds is 1. The Bertz CT molecular complexity index is 269. The van der Waals surface area contributed by atoms with Crippen molar-refractivity contribution in [2.75, 3.05) is 0 Å². The van der Waals surface area contributed by atoms with Gasteiger partial charge < -0.3 is 0 Å². The molecule has 1 unspecified atom stereocenters. The second-order valence-corrected chi connectivity index (χ2v) is 3.59. The Morgan fingerprint density at radius 2 is 2.46 bits per heavy atom. The van der Waals surface area contributed by atoms with Gasteiger partial charge >= 0.3 is 0 Å². The van der Waals surface area contributed by atoms with Crippen molar-refractivity contribution in [2.45, 2.75) is 37.5 Å². The van der Waals surface area contributed by atoms with Crippen LogP contribution in [0.2, 0.25) is 0 Å². The van der Waals surface area contributed by atoms with Gasteiger partial charge in [0, 0.05) is 18.8 Å². The van der Waals surface area contributed by atoms with Crippen LogP contribution in [0.25, 0.3) is 0 Å². The second kappa shape index (κ2) is 3.09. The van der Waals surface area contributed by atoms with Crippen molar-refractivity contribution >= 4 is 0 Å². The van der Waals surface area contributed by atoms with Gasteiger partial charge in [0.05, 0.1) is 11.9 Å². The predicted octanol–water partition coefficient (Wildman–Crippen LogP) is 2.50. The van der Waals surface area contributed by atoms with E-state index >= 15 is 0 Å². The maximum atomic E-state index is 13.0. The van der Waals surface area contributed by atoms with E-state index in [2.05, 4.69) is 16.4 Å². The Balaban J connectivity index is 2.09. The molecule has 4 heteroatoms. The summed E-state index contributed by atoms with van der Waals surface area (Å²) in [6.07, 6.45) is 4.04. The topological polar surface area (TPSA) is 28.7 Å². The summed E-state index contributed by atoms with van der Waals surface area (Å²) in [5, 5.41) is 6.43. The van der Waals surface area contributed by atoms with Crippen molar-refractivity contribution in [3.63, 3.8) is 0 Å². The fourth-order valence-electron chi connectivity index (χ4n) is 1.87. The molecule has 1 atom stereocenters. The average molecular weight is 185 g/mol. The van der Waals surface area contributed by atoms with E-state index in [9.17, 15) is 8.78 Å². The largest absolute Gasteiger partial charge is 0.276 e. The third kappa shape index (κ3) is 1.87. The molecule has 1 heterocycles. The molecular weight excluding hydrogens is 174 g/mol. The van der Waals surface area contributed by atoms with Crippen molar-refractivity contribution in [2.24, 2.45) is 0 Å². The highest BCUT2D eigenvalue weighted by Gasteiger charge is 2.37. The van der Waals surface area contributed by atoms with E-state index in [4.69, 9.17) is 0 Å². The van der Waals surface area contributed by atoms with E-state index in [0.717, 1.165) is 12.1 Å². The molecule has 0 aliphatic heterocycles. The third-order valence-electron chi connectivity index (χ3n) is 2.53. The monoisotopic (exact) mass is 185 g/mol. The lowest BCUT2D eigenvalue weighted by Gasteiger charge is -2.27. The first kappa shape index (κ1) is 8.66. The molecule has 2 rings (SSSR count). The van der Waals surface area contributed by atoms with Gasteiger partial charge in [0.15, 0.2) is 0 Å². The Labute approximate surface area is 75.3 Å². The summed E-state index contributed by atoms with van der Waals surface area (Å²) in [5.41, 5.74) is 0.722. The summed E-state index contributed by atoms with van der Waals surface area (Å²) in [6.45, 7) is 0. The highest BCUT2D eigenvalue weighted by molar-refractivity contribution is 5.07. The number of aromatic amines is 1. The summed E-state index contributed by atoms with van der Waals surface area (Å²) in [5.74, 6) is -2.59. The molecule has 0 amide bonds. The maximum Gasteiger partial charge on any atom is 0.248 e. The molecule has 1 N–H and O–H groups in total. The zero-order valence-corrected chi connectivity index (χ0v) is 7.19. The Hall–Kier alpha value is -0.930. The van der Waals surface area contributed by atoms with Gasteiger partial charge in [-0.25, -0.2) is 8.78 Å². The van der Waals surface area contributed by atoms with Crippen LogP contribution in [0.1, 0.15) is 37.3 Å². The van der Waals surface area contributed by atoms with Crippen molar-refractivity contribution in [1.82, 2.24) is 10.2 Å². The summed E-state index contributed by atoms with van der Waals surface area (Å²) >= 11 is 0. The highest BCUT2D eigenvalue weighted by Crippen LogP contribution is 2.40. The SMILES string of the molecule is FC1(F)CCCC(c2c[c][nH]n2)C1. The molecule has 2 nitrogen and oxygen atoms in total. The van der Waals surface area contributed by atoms with Crippen LogP contribution in [0.3, 0.4) is 0 Å². The summed E-state index contributed by atoms with van der Waals surface area (Å²) < 4.78 is 26.0. The maximum absolute atomic E-state index is 13.0. The average Bonchev–Trinajstić information content (AvgIpc) is 2.53. The zero-order valence-electron chi connectivity index (χ0n) is 7.19. The Morgan fingerprint density at radius 1 is 1.62 bits per heavy atom. The molecule has 1 fully saturated rings. The minimum atomic E-state index is -2.50. The first-order chi connectivity index (χ1) is 6.17. The standard InChI is InChI=1S/C9H11F2N2/c10-9(11)4-1-2-7(6-9)8-3-5-12-13-8/h3,7H,1-2,4,6H2,(H,12,13). The van der Waals surface area contributed by atoms with Crippen LogP contribution in [0.4, 0.5) is 8.78 Å². The van der Waals surface area contributed by atoms with Gasteiger partial charge in [-0.3, -0.25) is 5.10 Å². The van der Waals surface area contributed by atoms with Crippen LogP contribution in [0.15, 0.2) is 6.07 Å². The van der Waals surface area contributed by atoms with Crippen molar-refractivity contribution in [1.29, 1.82) is 0 Å². The Kier molecular flexibility index (Phi) is 2.06. The van der Waals surface area contributed by atoms with Gasteiger partial charge in [0.2, 0.25) is 5.92 Å². The summed E-state index contributed by atoms with van der Waals surface area (Å²) in [7, 11) is 0. The van der Waals surface area contributed by atoms with Gasteiger partial charge in [-0.05, 0) is 18.9 Å². The van der Waals surface area contributed by atoms with Gasteiger partial charge in [0.25, 0.3) is 0 Å². The van der Waals surface area contributed by atoms with Crippen LogP contribution in [-0.2, 0) is 0 Å². The molecule has 1 aliphatic rings. The number of H-pyrrole nitrogens is 1. The van der Waals surface area contributed by atoms with E-state index in [1.165, 1.54) is 0 Å². The lowest BCUT2D eigenvalue weighted by Crippen LogP contribution is -2.25. The molecule has 1 aromatic rings. The number of hydrogen-bond acceptors (Lipinski definition) is 1. The highest BCUT2D eigenvalue weighted by atomic mass is 19.3. The van der Waals surface area contributed by atoms with Gasteiger partial charge in [-0.15, -0.1) is 0 Å². The molecule has 0 bridgehead atoms. The van der Waals surface area contributed by atoms with E-state index < -0.39 is 5.92 Å². The smallest absolute Gasteiger partial charge is 0.248 e. The number of alkyl halides is 2. The Morgan fingerprint density at radius 3 is 3.08 bits per heavy atom. The molecule has 1 aliphatic carbocycles. The minimum absolute atomic E-state index is 0.0254. The van der Waals surface area contributed by atoms with Crippen LogP contribution in [-0.4, -0.2) is 16.1 Å². The zero-order chi connectivity index (χ0) is 9.31. The quantitative estimate of drug-likeness (QED) is 0.715. The van der Waals surface area contributed by atoms with Crippen LogP contribution in [0, 0.1) is 6.20 Å². The molecule has 1 saturated carbocycles. The van der Waals surface area contributed by atoms with Crippen molar-refractivity contribution < 1.29 is 8.78 Å². The molecule has 1 aromatic heterocycles. The normalized spacial score (nSPS) is 27.4. The van der Waals surface area contributed by atoms with E-state index in [-0.39, 0.29) is 18.8 Å². The first-order valence-electron chi connectivity index (χ1n) is 4.46. The minimum Gasteiger partial charge on any atom is -0.276 e. The lowest BCUT2D eigenvalue weighted by atomic mass is 9.84. The first-order valence-corrected chi connectivity index (χ1v) is 4.46. The molecule has 0 saturated heterocycles. The molecule has 71 valence electrons. The van der Waals surface area contributed by atoms with E-state index in [1.54, 1.807) is 6.07 Å². The fraction of sp³-hybridized carbons (Fsp3) is 0.667. The molecule has 1 radical (unpaired) electrons. The van der Waals surface area contributed by atoms with E-state index in [1.807, 2.05) is 0 Å². The number of aromatic nitrogens is 2. The van der Waals surface area contributed by atoms with Gasteiger partial charge in [0.1, 0.15) is 0 Å². The van der Waals surface area contributed by atoms with Crippen molar-refractivity contribution in [3.8, 4) is 0 Å². The molecule has 0 aromatic carbocycles. The number of halogens is 2.